The number of para-hydroxylation sites is 2. The first kappa shape index (κ1) is 29.9. The summed E-state index contributed by atoms with van der Waals surface area (Å²) in [6.07, 6.45) is 2.31. The Balaban J connectivity index is 1.54. The van der Waals surface area contributed by atoms with E-state index >= 15 is 0 Å². The van der Waals surface area contributed by atoms with Gasteiger partial charge in [-0.15, -0.1) is 0 Å². The Labute approximate surface area is 250 Å². The molecule has 0 aliphatic carbocycles. The second-order valence-electron chi connectivity index (χ2n) is 11.9. The van der Waals surface area contributed by atoms with E-state index < -0.39 is 9.52 Å². The monoisotopic (exact) mass is 585 g/mol. The van der Waals surface area contributed by atoms with E-state index in [9.17, 15) is 4.21 Å². The number of hydrogen-bond donors (Lipinski definition) is 2. The van der Waals surface area contributed by atoms with E-state index in [0.717, 1.165) is 54.0 Å². The van der Waals surface area contributed by atoms with Crippen LogP contribution in [0.5, 0.6) is 5.75 Å². The highest BCUT2D eigenvalue weighted by Crippen LogP contribution is 2.38. The van der Waals surface area contributed by atoms with Gasteiger partial charge >= 0.3 is 0 Å². The highest BCUT2D eigenvalue weighted by Gasteiger charge is 2.23. The van der Waals surface area contributed by atoms with Crippen LogP contribution in [-0.2, 0) is 9.52 Å². The van der Waals surface area contributed by atoms with Gasteiger partial charge in [-0.2, -0.15) is 4.98 Å². The molecule has 1 aliphatic heterocycles. The number of aromatic nitrogens is 2. The summed E-state index contributed by atoms with van der Waals surface area (Å²) in [6.45, 7) is 12.3. The lowest BCUT2D eigenvalue weighted by atomic mass is 9.86. The second kappa shape index (κ2) is 12.3. The topological polar surface area (TPSA) is 79.4 Å². The van der Waals surface area contributed by atoms with E-state index in [0.29, 0.717) is 22.6 Å². The third-order valence-corrected chi connectivity index (χ3v) is 10.6. The van der Waals surface area contributed by atoms with Crippen LogP contribution in [0.4, 0.5) is 23.1 Å². The minimum absolute atomic E-state index is 0.0170. The molecule has 5 rings (SSSR count). The molecule has 0 amide bonds. The molecule has 0 spiro atoms. The molecule has 3 aromatic carbocycles. The fourth-order valence-electron chi connectivity index (χ4n) is 5.51. The van der Waals surface area contributed by atoms with Crippen LogP contribution in [-0.4, -0.2) is 56.4 Å². The molecule has 0 saturated carbocycles. The third-order valence-electron chi connectivity index (χ3n) is 8.01. The van der Waals surface area contributed by atoms with Crippen LogP contribution in [0.1, 0.15) is 57.6 Å². The van der Waals surface area contributed by atoms with Crippen LogP contribution < -0.4 is 15.4 Å². The molecule has 1 atom stereocenters. The molecule has 0 radical (unpaired) electrons. The van der Waals surface area contributed by atoms with Gasteiger partial charge in [-0.25, -0.2) is 4.98 Å². The molecule has 7 nitrogen and oxygen atoms in total. The van der Waals surface area contributed by atoms with Crippen molar-refractivity contribution in [3.63, 3.8) is 0 Å². The summed E-state index contributed by atoms with van der Waals surface area (Å²) in [6, 6.07) is 19.9. The maximum atomic E-state index is 13.6. The molecule has 2 N–H and O–H groups in total. The number of piperidine rings is 1. The van der Waals surface area contributed by atoms with Gasteiger partial charge in [0.1, 0.15) is 11.6 Å². The van der Waals surface area contributed by atoms with Crippen molar-refractivity contribution in [3.8, 4) is 5.75 Å². The zero-order chi connectivity index (χ0) is 30.0. The molecular weight excluding hydrogens is 542 g/mol. The first-order chi connectivity index (χ1) is 20.0. The Morgan fingerprint density at radius 2 is 1.64 bits per heavy atom. The molecule has 1 saturated heterocycles. The summed E-state index contributed by atoms with van der Waals surface area (Å²) in [5.41, 5.74) is 4.93. The number of rotatable bonds is 9. The van der Waals surface area contributed by atoms with E-state index in [1.54, 1.807) is 0 Å². The summed E-state index contributed by atoms with van der Waals surface area (Å²) >= 11 is 0. The van der Waals surface area contributed by atoms with Gasteiger partial charge < -0.3 is 20.3 Å². The van der Waals surface area contributed by atoms with Crippen molar-refractivity contribution < 1.29 is 8.95 Å². The maximum Gasteiger partial charge on any atom is 0.229 e. The summed E-state index contributed by atoms with van der Waals surface area (Å²) in [4.78, 5) is 12.9. The fourth-order valence-corrected chi connectivity index (χ4v) is 6.82. The Bertz CT molecular complexity index is 1680. The van der Waals surface area contributed by atoms with E-state index in [1.807, 2.05) is 76.2 Å². The predicted molar refractivity (Wildman–Crippen MR) is 178 cm³/mol. The Morgan fingerprint density at radius 3 is 2.36 bits per heavy atom. The summed E-state index contributed by atoms with van der Waals surface area (Å²) < 4.78 is 19.9. The molecule has 1 aliphatic rings. The minimum atomic E-state index is -2.52. The number of aryl methyl sites for hydroxylation is 1. The van der Waals surface area contributed by atoms with Crippen molar-refractivity contribution in [2.45, 2.75) is 69.6 Å². The van der Waals surface area contributed by atoms with Crippen LogP contribution in [0.25, 0.3) is 10.9 Å². The van der Waals surface area contributed by atoms with Gasteiger partial charge in [-0.3, -0.25) is 4.21 Å². The van der Waals surface area contributed by atoms with Crippen molar-refractivity contribution >= 4 is 49.4 Å². The summed E-state index contributed by atoms with van der Waals surface area (Å²) in [5, 5.41) is 7.70. The van der Waals surface area contributed by atoms with Gasteiger partial charge in [-0.05, 0) is 113 Å². The SMILES string of the molecule is C=S(=O)(c1ccccc1Nc1nc(Nc2cc(C)c(C3CCN(C)CC3)cc2OC(C)C)nc2ccccc12)C(C)C. The first-order valence-corrected chi connectivity index (χ1v) is 16.6. The third kappa shape index (κ3) is 6.40. The van der Waals surface area contributed by atoms with Crippen molar-refractivity contribution in [2.24, 2.45) is 0 Å². The van der Waals surface area contributed by atoms with Crippen molar-refractivity contribution in [1.29, 1.82) is 0 Å². The quantitative estimate of drug-likeness (QED) is 0.197. The highest BCUT2D eigenvalue weighted by molar-refractivity contribution is 8.01. The number of likely N-dealkylation sites (tertiary alicyclic amines) is 1. The second-order valence-corrected chi connectivity index (χ2v) is 14.7. The number of nitrogens with zero attached hydrogens (tertiary/aromatic N) is 3. The van der Waals surface area contributed by atoms with Gasteiger partial charge in [0.25, 0.3) is 0 Å². The van der Waals surface area contributed by atoms with E-state index in [1.165, 1.54) is 11.1 Å². The highest BCUT2D eigenvalue weighted by atomic mass is 32.2. The van der Waals surface area contributed by atoms with Gasteiger partial charge in [0, 0.05) is 20.2 Å². The molecule has 4 aromatic rings. The van der Waals surface area contributed by atoms with Crippen molar-refractivity contribution in [3.05, 3.63) is 71.8 Å². The Morgan fingerprint density at radius 1 is 0.952 bits per heavy atom. The average molecular weight is 586 g/mol. The smallest absolute Gasteiger partial charge is 0.229 e. The molecular formula is C34H43N5O2S. The van der Waals surface area contributed by atoms with Crippen molar-refractivity contribution in [1.82, 2.24) is 14.9 Å². The molecule has 8 heteroatoms. The predicted octanol–water partition coefficient (Wildman–Crippen LogP) is 7.51. The molecule has 1 aromatic heterocycles. The largest absolute Gasteiger partial charge is 0.489 e. The maximum absolute atomic E-state index is 13.6. The Kier molecular flexibility index (Phi) is 8.76. The summed E-state index contributed by atoms with van der Waals surface area (Å²) in [7, 11) is -0.328. The number of ether oxygens (including phenoxy) is 1. The number of hydrogen-bond acceptors (Lipinski definition) is 7. The number of fused-ring (bicyclic) bond motifs is 1. The normalized spacial score (nSPS) is 16.1. The van der Waals surface area contributed by atoms with Crippen LogP contribution in [0.2, 0.25) is 0 Å². The zero-order valence-electron chi connectivity index (χ0n) is 25.6. The lowest BCUT2D eigenvalue weighted by Gasteiger charge is -2.30. The van der Waals surface area contributed by atoms with E-state index in [4.69, 9.17) is 14.7 Å². The molecule has 1 unspecified atom stereocenters. The van der Waals surface area contributed by atoms with Crippen molar-refractivity contribution in [2.75, 3.05) is 30.8 Å². The first-order valence-electron chi connectivity index (χ1n) is 14.8. The van der Waals surface area contributed by atoms with E-state index in [-0.39, 0.29) is 11.4 Å². The standard InChI is InChI=1S/C34H43N5O2S/c1-22(2)41-31-21-27(25-16-18-39(6)19-17-25)24(5)20-30(31)37-34-36-28-13-9-8-12-26(28)33(38-34)35-29-14-10-11-15-32(29)42(7,40)23(3)4/h8-15,20-23,25H,7,16-19H2,1-6H3,(H2,35,36,37,38). The average Bonchev–Trinajstić information content (AvgIpc) is 2.95. The van der Waals surface area contributed by atoms with Crippen LogP contribution in [0.15, 0.2) is 65.6 Å². The molecule has 1 fully saturated rings. The summed E-state index contributed by atoms with van der Waals surface area (Å²) in [5.74, 6) is 6.49. The lowest BCUT2D eigenvalue weighted by molar-refractivity contribution is 0.241. The number of nitrogens with one attached hydrogen (secondary N) is 2. The lowest BCUT2D eigenvalue weighted by Crippen LogP contribution is -2.29. The zero-order valence-corrected chi connectivity index (χ0v) is 26.4. The molecule has 42 heavy (non-hydrogen) atoms. The fraction of sp³-hybridized carbons (Fsp3) is 0.382. The Hall–Kier alpha value is -3.62. The number of benzene rings is 3. The van der Waals surface area contributed by atoms with Gasteiger partial charge in [0.05, 0.1) is 27.9 Å². The van der Waals surface area contributed by atoms with Crippen LogP contribution >= 0.6 is 0 Å². The molecule has 2 heterocycles. The van der Waals surface area contributed by atoms with E-state index in [2.05, 4.69) is 47.5 Å². The van der Waals surface area contributed by atoms with Gasteiger partial charge in [0.15, 0.2) is 0 Å². The van der Waals surface area contributed by atoms with Gasteiger partial charge in [-0.1, -0.05) is 38.1 Å². The molecule has 222 valence electrons. The number of anilines is 4. The van der Waals surface area contributed by atoms with Crippen LogP contribution in [0, 0.1) is 6.92 Å². The minimum Gasteiger partial charge on any atom is -0.489 e. The van der Waals surface area contributed by atoms with Crippen LogP contribution in [0.3, 0.4) is 0 Å². The van der Waals surface area contributed by atoms with Gasteiger partial charge in [0.2, 0.25) is 5.95 Å². The molecule has 0 bridgehead atoms.